The van der Waals surface area contributed by atoms with Crippen LogP contribution in [-0.2, 0) is 27.9 Å². The highest BCUT2D eigenvalue weighted by Gasteiger charge is 2.26. The highest BCUT2D eigenvalue weighted by Crippen LogP contribution is 2.43. The van der Waals surface area contributed by atoms with Crippen LogP contribution in [0.3, 0.4) is 0 Å². The van der Waals surface area contributed by atoms with Gasteiger partial charge in [0.1, 0.15) is 19.8 Å². The van der Waals surface area contributed by atoms with Crippen LogP contribution in [0, 0.1) is 0 Å². The van der Waals surface area contributed by atoms with E-state index in [0.29, 0.717) is 17.4 Å². The van der Waals surface area contributed by atoms with Crippen LogP contribution in [0.1, 0.15) is 187 Å². The van der Waals surface area contributed by atoms with E-state index in [-0.39, 0.29) is 32.2 Å². The molecule has 0 radical (unpaired) electrons. The van der Waals surface area contributed by atoms with E-state index < -0.39 is 13.9 Å². The standard InChI is InChI=1S/C44H84NO7P/c1-6-8-10-12-14-16-18-20-22-24-26-28-30-32-34-36-39-49-41-43(42-51-53(47,48)50-40-38-45(3,4)5)52-44(46)37-35-33-31-29-27-25-23-21-19-17-15-13-11-9-7-2/h21,23,27,29,36,39,43H,6-20,22,24-26,28,30-35,37-38,40-42H2,1-5H3/p+1/b23-21+,29-27+,39-36+/t43-/m1/s1. The van der Waals surface area contributed by atoms with Crippen molar-refractivity contribution in [2.75, 3.05) is 47.5 Å². The first-order chi connectivity index (χ1) is 25.6. The minimum absolute atomic E-state index is 0.0367. The molecule has 0 heterocycles. The van der Waals surface area contributed by atoms with E-state index in [1.165, 1.54) is 122 Å². The van der Waals surface area contributed by atoms with Crippen LogP contribution in [0.4, 0.5) is 0 Å². The predicted molar refractivity (Wildman–Crippen MR) is 224 cm³/mol. The molecule has 1 unspecified atom stereocenters. The van der Waals surface area contributed by atoms with Crippen molar-refractivity contribution in [2.24, 2.45) is 0 Å². The zero-order chi connectivity index (χ0) is 39.1. The molecule has 0 aromatic carbocycles. The summed E-state index contributed by atoms with van der Waals surface area (Å²) in [6, 6.07) is 0. The van der Waals surface area contributed by atoms with Gasteiger partial charge in [-0.1, -0.05) is 154 Å². The lowest BCUT2D eigenvalue weighted by Crippen LogP contribution is -2.37. The van der Waals surface area contributed by atoms with Gasteiger partial charge in [0, 0.05) is 6.42 Å². The van der Waals surface area contributed by atoms with E-state index in [0.717, 1.165) is 38.5 Å². The van der Waals surface area contributed by atoms with Crippen LogP contribution in [0.25, 0.3) is 0 Å². The van der Waals surface area contributed by atoms with Crippen molar-refractivity contribution >= 4 is 13.8 Å². The zero-order valence-corrected chi connectivity index (χ0v) is 36.1. The highest BCUT2D eigenvalue weighted by molar-refractivity contribution is 7.47. The third-order valence-corrected chi connectivity index (χ3v) is 10.3. The molecule has 0 saturated heterocycles. The molecule has 9 heteroatoms. The van der Waals surface area contributed by atoms with Crippen LogP contribution in [-0.4, -0.2) is 69.0 Å². The number of esters is 1. The minimum atomic E-state index is -4.30. The number of carbonyl (C=O) groups excluding carboxylic acids is 1. The van der Waals surface area contributed by atoms with Crippen LogP contribution < -0.4 is 0 Å². The quantitative estimate of drug-likeness (QED) is 0.0166. The summed E-state index contributed by atoms with van der Waals surface area (Å²) in [6.45, 7) is 4.89. The molecule has 0 aliphatic carbocycles. The van der Waals surface area contributed by atoms with Crippen molar-refractivity contribution in [2.45, 2.75) is 193 Å². The number of unbranched alkanes of at least 4 members (excludes halogenated alkanes) is 22. The first-order valence-corrected chi connectivity index (χ1v) is 23.3. The van der Waals surface area contributed by atoms with Gasteiger partial charge in [-0.3, -0.25) is 13.8 Å². The fraction of sp³-hybridized carbons (Fsp3) is 0.841. The number of allylic oxidation sites excluding steroid dienone is 5. The molecule has 0 aromatic rings. The number of phosphoric acid groups is 1. The van der Waals surface area contributed by atoms with Gasteiger partial charge in [0.2, 0.25) is 0 Å². The topological polar surface area (TPSA) is 91.3 Å². The molecule has 2 atom stereocenters. The number of carbonyl (C=O) groups is 1. The van der Waals surface area contributed by atoms with Crippen LogP contribution in [0.15, 0.2) is 36.6 Å². The highest BCUT2D eigenvalue weighted by atomic mass is 31.2. The van der Waals surface area contributed by atoms with Gasteiger partial charge in [0.25, 0.3) is 0 Å². The first-order valence-electron chi connectivity index (χ1n) is 21.8. The van der Waals surface area contributed by atoms with Gasteiger partial charge >= 0.3 is 13.8 Å². The Hall–Kier alpha value is -1.44. The Morgan fingerprint density at radius 2 is 1.06 bits per heavy atom. The molecule has 0 bridgehead atoms. The van der Waals surface area contributed by atoms with Crippen molar-refractivity contribution in [1.29, 1.82) is 0 Å². The monoisotopic (exact) mass is 771 g/mol. The summed E-state index contributed by atoms with van der Waals surface area (Å²) < 4.78 is 34.7. The number of phosphoric ester groups is 1. The fourth-order valence-electron chi connectivity index (χ4n) is 5.84. The number of likely N-dealkylation sites (N-methyl/N-ethyl adjacent to an activating group) is 1. The summed E-state index contributed by atoms with van der Waals surface area (Å²) in [4.78, 5) is 22.8. The second-order valence-electron chi connectivity index (χ2n) is 15.8. The lowest BCUT2D eigenvalue weighted by molar-refractivity contribution is -0.870. The molecule has 0 saturated carbocycles. The molecule has 1 N–H and O–H groups in total. The van der Waals surface area contributed by atoms with E-state index in [4.69, 9.17) is 18.5 Å². The van der Waals surface area contributed by atoms with Gasteiger partial charge in [-0.05, 0) is 57.4 Å². The normalized spacial score (nSPS) is 14.1. The summed E-state index contributed by atoms with van der Waals surface area (Å²) in [5.41, 5.74) is 0. The Labute approximate surface area is 327 Å². The van der Waals surface area contributed by atoms with E-state index in [9.17, 15) is 14.3 Å². The summed E-state index contributed by atoms with van der Waals surface area (Å²) in [7, 11) is 1.62. The van der Waals surface area contributed by atoms with Crippen molar-refractivity contribution in [3.05, 3.63) is 36.6 Å². The summed E-state index contributed by atoms with van der Waals surface area (Å²) >= 11 is 0. The van der Waals surface area contributed by atoms with Crippen molar-refractivity contribution in [3.8, 4) is 0 Å². The van der Waals surface area contributed by atoms with Crippen LogP contribution >= 0.6 is 7.82 Å². The fourth-order valence-corrected chi connectivity index (χ4v) is 6.58. The molecule has 8 nitrogen and oxygen atoms in total. The maximum Gasteiger partial charge on any atom is 0.472 e. The molecular formula is C44H85NO7P+. The third-order valence-electron chi connectivity index (χ3n) is 9.27. The van der Waals surface area contributed by atoms with Gasteiger partial charge in [-0.15, -0.1) is 0 Å². The van der Waals surface area contributed by atoms with Gasteiger partial charge in [0.05, 0.1) is 34.0 Å². The second kappa shape index (κ2) is 37.5. The third kappa shape index (κ3) is 41.6. The molecule has 0 aliphatic heterocycles. The number of quaternary nitrogens is 1. The number of rotatable bonds is 40. The molecule has 0 aliphatic rings. The molecule has 53 heavy (non-hydrogen) atoms. The Morgan fingerprint density at radius 3 is 1.55 bits per heavy atom. The number of hydrogen-bond acceptors (Lipinski definition) is 6. The predicted octanol–water partition coefficient (Wildman–Crippen LogP) is 13.0. The average Bonchev–Trinajstić information content (AvgIpc) is 3.11. The second-order valence-corrected chi connectivity index (χ2v) is 17.2. The van der Waals surface area contributed by atoms with E-state index in [1.807, 2.05) is 27.2 Å². The number of nitrogens with zero attached hydrogens (tertiary/aromatic N) is 1. The van der Waals surface area contributed by atoms with Gasteiger partial charge in [-0.25, -0.2) is 4.57 Å². The molecule has 0 rings (SSSR count). The van der Waals surface area contributed by atoms with Gasteiger partial charge < -0.3 is 18.9 Å². The zero-order valence-electron chi connectivity index (χ0n) is 35.3. The minimum Gasteiger partial charge on any atom is -0.498 e. The van der Waals surface area contributed by atoms with Crippen LogP contribution in [0.5, 0.6) is 0 Å². The van der Waals surface area contributed by atoms with Gasteiger partial charge in [0.15, 0.2) is 6.10 Å². The lowest BCUT2D eigenvalue weighted by atomic mass is 10.0. The van der Waals surface area contributed by atoms with E-state index in [1.54, 1.807) is 6.26 Å². The maximum atomic E-state index is 12.6. The lowest BCUT2D eigenvalue weighted by Gasteiger charge is -2.24. The molecule has 0 fully saturated rings. The summed E-state index contributed by atoms with van der Waals surface area (Å²) in [5, 5.41) is 0. The van der Waals surface area contributed by atoms with Crippen molar-refractivity contribution in [1.82, 2.24) is 0 Å². The molecule has 0 amide bonds. The van der Waals surface area contributed by atoms with Crippen molar-refractivity contribution in [3.63, 3.8) is 0 Å². The Kier molecular flexibility index (Phi) is 36.5. The van der Waals surface area contributed by atoms with E-state index in [2.05, 4.69) is 38.2 Å². The average molecular weight is 771 g/mol. The summed E-state index contributed by atoms with van der Waals surface area (Å²) in [6.07, 6.45) is 44.2. The smallest absolute Gasteiger partial charge is 0.472 e. The maximum absolute atomic E-state index is 12.6. The Morgan fingerprint density at radius 1 is 0.604 bits per heavy atom. The SMILES string of the molecule is CCCCCCCC/C=C/C/C=C/CCCCC(=O)O[C@H](CO/C=C/CCCCCCCCCCCCCCCC)COP(=O)(O)OCC[N+](C)(C)C. The summed E-state index contributed by atoms with van der Waals surface area (Å²) in [5.74, 6) is -0.367. The van der Waals surface area contributed by atoms with E-state index >= 15 is 0 Å². The molecule has 0 spiro atoms. The Balaban J connectivity index is 4.34. The molecule has 0 aromatic heterocycles. The molecular weight excluding hydrogens is 685 g/mol. The first kappa shape index (κ1) is 51.6. The molecule has 312 valence electrons. The largest absolute Gasteiger partial charge is 0.498 e. The number of ether oxygens (including phenoxy) is 2. The Bertz CT molecular complexity index is 947. The van der Waals surface area contributed by atoms with Crippen LogP contribution in [0.2, 0.25) is 0 Å². The van der Waals surface area contributed by atoms with Crippen molar-refractivity contribution < 1.29 is 37.3 Å². The number of hydrogen-bond donors (Lipinski definition) is 1. The van der Waals surface area contributed by atoms with Gasteiger partial charge in [-0.2, -0.15) is 0 Å².